The Morgan fingerprint density at radius 2 is 2.33 bits per heavy atom. The van der Waals surface area contributed by atoms with Crippen molar-refractivity contribution in [3.8, 4) is 0 Å². The number of amides is 1. The summed E-state index contributed by atoms with van der Waals surface area (Å²) in [6, 6.07) is 5.62. The number of carbonyl (C=O) groups excluding carboxylic acids is 1. The highest BCUT2D eigenvalue weighted by Crippen LogP contribution is 2.32. The molecule has 1 amide bonds. The van der Waals surface area contributed by atoms with Crippen LogP contribution in [0.4, 0.5) is 0 Å². The number of nitrogens with zero attached hydrogens (tertiary/aromatic N) is 2. The fourth-order valence-corrected chi connectivity index (χ4v) is 2.90. The SMILES string of the molecule is CCCCN1C(=O)C(=Cc2ccccn2)SC1=S. The summed E-state index contributed by atoms with van der Waals surface area (Å²) in [6.45, 7) is 2.81. The lowest BCUT2D eigenvalue weighted by atomic mass is 10.3. The smallest absolute Gasteiger partial charge is 0.266 e. The minimum atomic E-state index is 0.00380. The fraction of sp³-hybridized carbons (Fsp3) is 0.308. The van der Waals surface area contributed by atoms with Gasteiger partial charge in [0.2, 0.25) is 0 Å². The van der Waals surface area contributed by atoms with Crippen molar-refractivity contribution in [3.05, 3.63) is 35.0 Å². The standard InChI is InChI=1S/C13H14N2OS2/c1-2-3-8-15-12(16)11(18-13(15)17)9-10-6-4-5-7-14-10/h4-7,9H,2-3,8H2,1H3. The van der Waals surface area contributed by atoms with Crippen LogP contribution in [0.25, 0.3) is 6.08 Å². The van der Waals surface area contributed by atoms with E-state index in [-0.39, 0.29) is 5.91 Å². The second-order valence-corrected chi connectivity index (χ2v) is 5.62. The molecule has 0 bridgehead atoms. The Kier molecular flexibility index (Phi) is 4.49. The molecule has 2 rings (SSSR count). The molecular formula is C13H14N2OS2. The van der Waals surface area contributed by atoms with Crippen molar-refractivity contribution in [2.24, 2.45) is 0 Å². The van der Waals surface area contributed by atoms with Crippen LogP contribution < -0.4 is 0 Å². The highest BCUT2D eigenvalue weighted by Gasteiger charge is 2.31. The zero-order chi connectivity index (χ0) is 13.0. The van der Waals surface area contributed by atoms with Crippen molar-refractivity contribution in [3.63, 3.8) is 0 Å². The maximum atomic E-state index is 12.1. The number of thiocarbonyl (C=S) groups is 1. The van der Waals surface area contributed by atoms with Gasteiger partial charge >= 0.3 is 0 Å². The van der Waals surface area contributed by atoms with Gasteiger partial charge in [-0.1, -0.05) is 43.4 Å². The van der Waals surface area contributed by atoms with E-state index < -0.39 is 0 Å². The molecule has 0 aliphatic carbocycles. The van der Waals surface area contributed by atoms with E-state index >= 15 is 0 Å². The largest absolute Gasteiger partial charge is 0.293 e. The van der Waals surface area contributed by atoms with Crippen molar-refractivity contribution in [2.75, 3.05) is 6.54 Å². The van der Waals surface area contributed by atoms with Crippen molar-refractivity contribution >= 4 is 40.3 Å². The van der Waals surface area contributed by atoms with Crippen LogP contribution in [0.2, 0.25) is 0 Å². The maximum Gasteiger partial charge on any atom is 0.266 e. The van der Waals surface area contributed by atoms with E-state index in [9.17, 15) is 4.79 Å². The van der Waals surface area contributed by atoms with E-state index in [1.54, 1.807) is 17.2 Å². The first kappa shape index (κ1) is 13.2. The molecule has 3 nitrogen and oxygen atoms in total. The predicted octanol–water partition coefficient (Wildman–Crippen LogP) is 3.08. The molecule has 0 radical (unpaired) electrons. The minimum absolute atomic E-state index is 0.00380. The molecule has 1 saturated heterocycles. The third kappa shape index (κ3) is 2.97. The first-order valence-corrected chi connectivity index (χ1v) is 7.11. The van der Waals surface area contributed by atoms with Gasteiger partial charge in [0.05, 0.1) is 10.6 Å². The second-order valence-electron chi connectivity index (χ2n) is 3.94. The fourth-order valence-electron chi connectivity index (χ4n) is 1.60. The molecule has 0 unspecified atom stereocenters. The summed E-state index contributed by atoms with van der Waals surface area (Å²) < 4.78 is 0.649. The lowest BCUT2D eigenvalue weighted by Crippen LogP contribution is -2.28. The molecule has 1 fully saturated rings. The van der Waals surface area contributed by atoms with Crippen molar-refractivity contribution in [1.29, 1.82) is 0 Å². The first-order chi connectivity index (χ1) is 8.72. The molecule has 18 heavy (non-hydrogen) atoms. The van der Waals surface area contributed by atoms with Crippen LogP contribution in [0.3, 0.4) is 0 Å². The Hall–Kier alpha value is -1.20. The number of aromatic nitrogens is 1. The van der Waals surface area contributed by atoms with E-state index in [4.69, 9.17) is 12.2 Å². The van der Waals surface area contributed by atoms with Gasteiger partial charge in [0.15, 0.2) is 0 Å². The average molecular weight is 278 g/mol. The number of hydrogen-bond acceptors (Lipinski definition) is 4. The second kappa shape index (κ2) is 6.11. The summed E-state index contributed by atoms with van der Waals surface area (Å²) >= 11 is 6.59. The Morgan fingerprint density at radius 1 is 1.50 bits per heavy atom. The van der Waals surface area contributed by atoms with Gasteiger partial charge < -0.3 is 0 Å². The van der Waals surface area contributed by atoms with Gasteiger partial charge in [-0.15, -0.1) is 0 Å². The molecule has 1 aliphatic rings. The van der Waals surface area contributed by atoms with Gasteiger partial charge in [-0.3, -0.25) is 14.7 Å². The topological polar surface area (TPSA) is 33.2 Å². The van der Waals surface area contributed by atoms with E-state index in [1.165, 1.54) is 11.8 Å². The van der Waals surface area contributed by atoms with Crippen molar-refractivity contribution < 1.29 is 4.79 Å². The quantitative estimate of drug-likeness (QED) is 0.626. The number of rotatable bonds is 4. The maximum absolute atomic E-state index is 12.1. The number of unbranched alkanes of at least 4 members (excludes halogenated alkanes) is 1. The van der Waals surface area contributed by atoms with Gasteiger partial charge in [-0.05, 0) is 24.6 Å². The highest BCUT2D eigenvalue weighted by atomic mass is 32.2. The lowest BCUT2D eigenvalue weighted by molar-refractivity contribution is -0.122. The Balaban J connectivity index is 2.15. The molecule has 1 aromatic heterocycles. The van der Waals surface area contributed by atoms with E-state index in [1.807, 2.05) is 18.2 Å². The third-order valence-electron chi connectivity index (χ3n) is 2.58. The van der Waals surface area contributed by atoms with Gasteiger partial charge in [-0.2, -0.15) is 0 Å². The number of pyridine rings is 1. The molecule has 0 spiro atoms. The number of hydrogen-bond donors (Lipinski definition) is 0. The van der Waals surface area contributed by atoms with Gasteiger partial charge in [0.25, 0.3) is 5.91 Å². The van der Waals surface area contributed by atoms with Crippen molar-refractivity contribution in [1.82, 2.24) is 9.88 Å². The number of carbonyl (C=O) groups is 1. The zero-order valence-corrected chi connectivity index (χ0v) is 11.8. The molecule has 0 aromatic carbocycles. The number of thioether (sulfide) groups is 1. The van der Waals surface area contributed by atoms with E-state index in [2.05, 4.69) is 11.9 Å². The first-order valence-electron chi connectivity index (χ1n) is 5.88. The van der Waals surface area contributed by atoms with E-state index in [0.29, 0.717) is 15.8 Å². The Bertz CT molecular complexity index is 485. The van der Waals surface area contributed by atoms with Crippen LogP contribution in [0.5, 0.6) is 0 Å². The summed E-state index contributed by atoms with van der Waals surface area (Å²) in [4.78, 5) is 18.7. The summed E-state index contributed by atoms with van der Waals surface area (Å²) in [5, 5.41) is 0. The lowest BCUT2D eigenvalue weighted by Gasteiger charge is -2.12. The van der Waals surface area contributed by atoms with Gasteiger partial charge in [-0.25, -0.2) is 0 Å². The van der Waals surface area contributed by atoms with Crippen LogP contribution in [0.1, 0.15) is 25.5 Å². The van der Waals surface area contributed by atoms with E-state index in [0.717, 1.165) is 18.5 Å². The van der Waals surface area contributed by atoms with Crippen LogP contribution in [0, 0.1) is 0 Å². The summed E-state index contributed by atoms with van der Waals surface area (Å²) in [5.74, 6) is 0.00380. The highest BCUT2D eigenvalue weighted by molar-refractivity contribution is 8.26. The molecule has 2 heterocycles. The van der Waals surface area contributed by atoms with Crippen LogP contribution in [0.15, 0.2) is 29.3 Å². The summed E-state index contributed by atoms with van der Waals surface area (Å²) in [5.41, 5.74) is 0.786. The summed E-state index contributed by atoms with van der Waals surface area (Å²) in [6.07, 6.45) is 5.54. The van der Waals surface area contributed by atoms with Crippen LogP contribution in [-0.4, -0.2) is 26.7 Å². The molecule has 0 N–H and O–H groups in total. The Morgan fingerprint density at radius 3 is 3.00 bits per heavy atom. The molecule has 0 atom stereocenters. The third-order valence-corrected chi connectivity index (χ3v) is 3.95. The molecule has 0 saturated carbocycles. The average Bonchev–Trinajstić information content (AvgIpc) is 2.64. The predicted molar refractivity (Wildman–Crippen MR) is 79.0 cm³/mol. The monoisotopic (exact) mass is 278 g/mol. The van der Waals surface area contributed by atoms with Crippen LogP contribution in [-0.2, 0) is 4.79 Å². The molecule has 5 heteroatoms. The van der Waals surface area contributed by atoms with Crippen molar-refractivity contribution in [2.45, 2.75) is 19.8 Å². The molecule has 94 valence electrons. The van der Waals surface area contributed by atoms with Gasteiger partial charge in [0.1, 0.15) is 4.32 Å². The van der Waals surface area contributed by atoms with Gasteiger partial charge in [0, 0.05) is 12.7 Å². The summed E-state index contributed by atoms with van der Waals surface area (Å²) in [7, 11) is 0. The minimum Gasteiger partial charge on any atom is -0.293 e. The molecule has 1 aliphatic heterocycles. The molecule has 1 aromatic rings. The zero-order valence-electron chi connectivity index (χ0n) is 10.1. The Labute approximate surface area is 116 Å². The normalized spacial score (nSPS) is 17.8. The van der Waals surface area contributed by atoms with Crippen LogP contribution >= 0.6 is 24.0 Å². The molecular weight excluding hydrogens is 264 g/mol.